The average molecular weight is 418 g/mol. The van der Waals surface area contributed by atoms with Gasteiger partial charge in [-0.3, -0.25) is 0 Å². The van der Waals surface area contributed by atoms with Crippen LogP contribution < -0.4 is 11.5 Å². The highest BCUT2D eigenvalue weighted by atomic mass is 19.4. The van der Waals surface area contributed by atoms with Gasteiger partial charge in [0.05, 0.1) is 11.3 Å². The molecule has 1 aromatic heterocycles. The van der Waals surface area contributed by atoms with Gasteiger partial charge in [-0.25, -0.2) is 4.98 Å². The molecule has 0 bridgehead atoms. The van der Waals surface area contributed by atoms with Crippen molar-refractivity contribution in [1.29, 1.82) is 0 Å². The second-order valence-electron chi connectivity index (χ2n) is 7.07. The van der Waals surface area contributed by atoms with E-state index in [0.717, 1.165) is 12.1 Å². The zero-order chi connectivity index (χ0) is 22.0. The normalized spacial score (nSPS) is 13.2. The SMILES string of the molecule is CC(C)(C=Cc1c(N)nc(N)nc1CCC(F)(F)F)c1ccc(C(F)(F)F)cc1. The summed E-state index contributed by atoms with van der Waals surface area (Å²) in [4.78, 5) is 7.64. The van der Waals surface area contributed by atoms with Gasteiger partial charge < -0.3 is 11.5 Å². The molecule has 0 spiro atoms. The van der Waals surface area contributed by atoms with E-state index in [2.05, 4.69) is 9.97 Å². The summed E-state index contributed by atoms with van der Waals surface area (Å²) >= 11 is 0. The van der Waals surface area contributed by atoms with Crippen LogP contribution in [0, 0.1) is 0 Å². The second-order valence-corrected chi connectivity index (χ2v) is 7.07. The molecular weight excluding hydrogens is 398 g/mol. The Morgan fingerprint density at radius 3 is 1.97 bits per heavy atom. The number of halogens is 6. The minimum atomic E-state index is -4.44. The van der Waals surface area contributed by atoms with Crippen LogP contribution in [0.25, 0.3) is 6.08 Å². The number of aryl methyl sites for hydroxylation is 1. The molecule has 29 heavy (non-hydrogen) atoms. The number of alkyl halides is 6. The molecule has 0 atom stereocenters. The van der Waals surface area contributed by atoms with Gasteiger partial charge in [0.2, 0.25) is 5.95 Å². The Morgan fingerprint density at radius 2 is 1.45 bits per heavy atom. The predicted octanol–water partition coefficient (Wildman–Crippen LogP) is 5.15. The highest BCUT2D eigenvalue weighted by Gasteiger charge is 2.31. The number of allylic oxidation sites excluding steroid dienone is 1. The van der Waals surface area contributed by atoms with E-state index in [0.29, 0.717) is 5.56 Å². The van der Waals surface area contributed by atoms with Gasteiger partial charge in [-0.1, -0.05) is 38.1 Å². The number of anilines is 2. The van der Waals surface area contributed by atoms with E-state index >= 15 is 0 Å². The van der Waals surface area contributed by atoms with Crippen molar-refractivity contribution in [3.63, 3.8) is 0 Å². The second kappa shape index (κ2) is 7.92. The van der Waals surface area contributed by atoms with Crippen LogP contribution in [-0.4, -0.2) is 16.1 Å². The molecule has 0 saturated heterocycles. The number of rotatable bonds is 5. The highest BCUT2D eigenvalue weighted by Crippen LogP contribution is 2.33. The molecule has 1 aromatic carbocycles. The molecule has 10 heteroatoms. The van der Waals surface area contributed by atoms with E-state index in [1.807, 2.05) is 0 Å². The summed E-state index contributed by atoms with van der Waals surface area (Å²) in [5, 5.41) is 0. The molecule has 158 valence electrons. The van der Waals surface area contributed by atoms with Crippen molar-refractivity contribution in [2.75, 3.05) is 11.5 Å². The van der Waals surface area contributed by atoms with E-state index in [1.54, 1.807) is 19.9 Å². The summed E-state index contributed by atoms with van der Waals surface area (Å²) in [5.74, 6) is -0.312. The van der Waals surface area contributed by atoms with Gasteiger partial charge in [0.1, 0.15) is 5.82 Å². The molecule has 4 nitrogen and oxygen atoms in total. The van der Waals surface area contributed by atoms with Gasteiger partial charge in [-0.15, -0.1) is 0 Å². The van der Waals surface area contributed by atoms with Crippen molar-refractivity contribution < 1.29 is 26.3 Å². The van der Waals surface area contributed by atoms with Crippen molar-refractivity contribution in [2.45, 2.75) is 44.5 Å². The molecule has 0 aliphatic carbocycles. The Kier molecular flexibility index (Phi) is 6.15. The summed E-state index contributed by atoms with van der Waals surface area (Å²) in [7, 11) is 0. The van der Waals surface area contributed by atoms with Gasteiger partial charge in [0.25, 0.3) is 0 Å². The van der Waals surface area contributed by atoms with Crippen molar-refractivity contribution in [3.8, 4) is 0 Å². The standard InChI is InChI=1S/C19H20F6N4/c1-17(2,11-3-5-12(6-4-11)19(23,24)25)9-7-13-14(8-10-18(20,21)22)28-16(27)29-15(13)26/h3-7,9H,8,10H2,1-2H3,(H4,26,27,28,29). The monoisotopic (exact) mass is 418 g/mol. The van der Waals surface area contributed by atoms with Crippen LogP contribution in [0.5, 0.6) is 0 Å². The lowest BCUT2D eigenvalue weighted by Gasteiger charge is -2.22. The molecule has 0 radical (unpaired) electrons. The average Bonchev–Trinajstić information content (AvgIpc) is 2.57. The van der Waals surface area contributed by atoms with Crippen LogP contribution in [0.2, 0.25) is 0 Å². The summed E-state index contributed by atoms with van der Waals surface area (Å²) in [6.45, 7) is 3.49. The van der Waals surface area contributed by atoms with E-state index < -0.39 is 36.2 Å². The Balaban J connectivity index is 2.34. The van der Waals surface area contributed by atoms with E-state index in [9.17, 15) is 26.3 Å². The van der Waals surface area contributed by atoms with Gasteiger partial charge >= 0.3 is 12.4 Å². The molecule has 0 unspecified atom stereocenters. The predicted molar refractivity (Wildman–Crippen MR) is 98.7 cm³/mol. The third kappa shape index (κ3) is 6.10. The van der Waals surface area contributed by atoms with Crippen molar-refractivity contribution in [3.05, 3.63) is 52.7 Å². The molecule has 0 amide bonds. The van der Waals surface area contributed by atoms with Gasteiger partial charge in [-0.2, -0.15) is 31.3 Å². The lowest BCUT2D eigenvalue weighted by Crippen LogP contribution is -2.15. The molecular formula is C19H20F6N4. The third-order valence-electron chi connectivity index (χ3n) is 4.34. The fourth-order valence-corrected chi connectivity index (χ4v) is 2.66. The van der Waals surface area contributed by atoms with Crippen LogP contribution >= 0.6 is 0 Å². The Hall–Kier alpha value is -2.78. The lowest BCUT2D eigenvalue weighted by atomic mass is 9.83. The molecule has 0 saturated carbocycles. The number of nitrogen functional groups attached to an aromatic ring is 2. The minimum Gasteiger partial charge on any atom is -0.383 e. The first-order chi connectivity index (χ1) is 13.2. The maximum atomic E-state index is 12.7. The smallest absolute Gasteiger partial charge is 0.383 e. The van der Waals surface area contributed by atoms with Gasteiger partial charge in [-0.05, 0) is 24.1 Å². The molecule has 0 fully saturated rings. The Labute approximate surface area is 163 Å². The number of nitrogens with zero attached hydrogens (tertiary/aromatic N) is 2. The van der Waals surface area contributed by atoms with E-state index in [-0.39, 0.29) is 23.0 Å². The number of nitrogens with two attached hydrogens (primary N) is 2. The highest BCUT2D eigenvalue weighted by molar-refractivity contribution is 5.65. The topological polar surface area (TPSA) is 77.8 Å². The zero-order valence-corrected chi connectivity index (χ0v) is 15.7. The maximum Gasteiger partial charge on any atom is 0.416 e. The summed E-state index contributed by atoms with van der Waals surface area (Å²) in [6.07, 6.45) is -7.26. The number of benzene rings is 1. The third-order valence-corrected chi connectivity index (χ3v) is 4.34. The van der Waals surface area contributed by atoms with Crippen LogP contribution in [-0.2, 0) is 18.0 Å². The maximum absolute atomic E-state index is 12.7. The summed E-state index contributed by atoms with van der Waals surface area (Å²) in [5.41, 5.74) is 10.6. The fraction of sp³-hybridized carbons (Fsp3) is 0.368. The molecule has 0 aliphatic rings. The molecule has 4 N–H and O–H groups in total. The lowest BCUT2D eigenvalue weighted by molar-refractivity contribution is -0.137. The van der Waals surface area contributed by atoms with Crippen LogP contribution in [0.4, 0.5) is 38.1 Å². The number of aromatic nitrogens is 2. The number of hydrogen-bond acceptors (Lipinski definition) is 4. The molecule has 0 aliphatic heterocycles. The Morgan fingerprint density at radius 1 is 0.897 bits per heavy atom. The zero-order valence-electron chi connectivity index (χ0n) is 15.7. The first-order valence-electron chi connectivity index (χ1n) is 8.54. The van der Waals surface area contributed by atoms with Gasteiger partial charge in [0, 0.05) is 17.4 Å². The largest absolute Gasteiger partial charge is 0.416 e. The van der Waals surface area contributed by atoms with Crippen molar-refractivity contribution >= 4 is 17.8 Å². The molecule has 2 rings (SSSR count). The molecule has 2 aromatic rings. The minimum absolute atomic E-state index is 0.0480. The first kappa shape index (κ1) is 22.5. The van der Waals surface area contributed by atoms with Crippen molar-refractivity contribution in [1.82, 2.24) is 9.97 Å². The van der Waals surface area contributed by atoms with E-state index in [4.69, 9.17) is 11.5 Å². The quantitative estimate of drug-likeness (QED) is 0.659. The van der Waals surface area contributed by atoms with Crippen LogP contribution in [0.3, 0.4) is 0 Å². The fourth-order valence-electron chi connectivity index (χ4n) is 2.66. The number of hydrogen-bond donors (Lipinski definition) is 2. The van der Waals surface area contributed by atoms with Gasteiger partial charge in [0.15, 0.2) is 0 Å². The van der Waals surface area contributed by atoms with Crippen molar-refractivity contribution in [2.24, 2.45) is 0 Å². The summed E-state index contributed by atoms with van der Waals surface area (Å²) in [6, 6.07) is 4.64. The van der Waals surface area contributed by atoms with E-state index in [1.165, 1.54) is 18.2 Å². The Bertz CT molecular complexity index is 883. The summed E-state index contributed by atoms with van der Waals surface area (Å²) < 4.78 is 75.9. The first-order valence-corrected chi connectivity index (χ1v) is 8.54. The van der Waals surface area contributed by atoms with Crippen LogP contribution in [0.15, 0.2) is 30.3 Å². The molecule has 1 heterocycles. The van der Waals surface area contributed by atoms with Crippen LogP contribution in [0.1, 0.15) is 42.7 Å².